The quantitative estimate of drug-likeness (QED) is 0.760. The van der Waals surface area contributed by atoms with Crippen molar-refractivity contribution in [2.75, 3.05) is 13.1 Å². The number of carboxylic acids is 1. The molecular formula is C14H24N2O3. The molecule has 2 N–H and O–H groups in total. The minimum Gasteiger partial charge on any atom is -0.481 e. The Kier molecular flexibility index (Phi) is 4.80. The van der Waals surface area contributed by atoms with Gasteiger partial charge in [0.15, 0.2) is 0 Å². The maximum Gasteiger partial charge on any atom is 0.303 e. The Bertz CT molecular complexity index is 342. The lowest BCUT2D eigenvalue weighted by Crippen LogP contribution is -2.49. The second kappa shape index (κ2) is 6.37. The fourth-order valence-electron chi connectivity index (χ4n) is 2.73. The molecule has 2 aliphatic rings. The summed E-state index contributed by atoms with van der Waals surface area (Å²) in [7, 11) is 0. The molecule has 0 aromatic carbocycles. The summed E-state index contributed by atoms with van der Waals surface area (Å²) in [6.07, 6.45) is 5.33. The van der Waals surface area contributed by atoms with Crippen LogP contribution in [0.1, 0.15) is 45.4 Å². The highest BCUT2D eigenvalue weighted by atomic mass is 16.4. The van der Waals surface area contributed by atoms with Crippen LogP contribution in [-0.2, 0) is 9.59 Å². The molecule has 1 saturated heterocycles. The summed E-state index contributed by atoms with van der Waals surface area (Å²) < 4.78 is 0. The van der Waals surface area contributed by atoms with Gasteiger partial charge in [0.25, 0.3) is 0 Å². The van der Waals surface area contributed by atoms with E-state index in [1.54, 1.807) is 0 Å². The van der Waals surface area contributed by atoms with Crippen LogP contribution in [0.2, 0.25) is 0 Å². The van der Waals surface area contributed by atoms with Gasteiger partial charge < -0.3 is 10.4 Å². The van der Waals surface area contributed by atoms with Gasteiger partial charge in [-0.15, -0.1) is 0 Å². The highest BCUT2D eigenvalue weighted by molar-refractivity contribution is 5.81. The summed E-state index contributed by atoms with van der Waals surface area (Å²) >= 11 is 0. The lowest BCUT2D eigenvalue weighted by Gasteiger charge is -2.36. The average Bonchev–Trinajstić information content (AvgIpc) is 3.19. The minimum atomic E-state index is -0.725. The van der Waals surface area contributed by atoms with E-state index in [4.69, 9.17) is 5.11 Å². The molecule has 1 saturated carbocycles. The Hall–Kier alpha value is -1.10. The van der Waals surface area contributed by atoms with Crippen LogP contribution in [0.5, 0.6) is 0 Å². The van der Waals surface area contributed by atoms with Crippen molar-refractivity contribution in [1.29, 1.82) is 0 Å². The number of rotatable bonds is 6. The lowest BCUT2D eigenvalue weighted by atomic mass is 9.92. The Morgan fingerprint density at radius 3 is 2.74 bits per heavy atom. The predicted octanol–water partition coefficient (Wildman–Crippen LogP) is 1.23. The molecule has 1 aliphatic carbocycles. The van der Waals surface area contributed by atoms with Crippen LogP contribution in [-0.4, -0.2) is 47.1 Å². The van der Waals surface area contributed by atoms with Crippen molar-refractivity contribution in [3.05, 3.63) is 0 Å². The number of nitrogens with zero attached hydrogens (tertiary/aromatic N) is 1. The van der Waals surface area contributed by atoms with Gasteiger partial charge in [0.2, 0.25) is 5.91 Å². The molecule has 0 radical (unpaired) electrons. The van der Waals surface area contributed by atoms with Crippen molar-refractivity contribution in [3.63, 3.8) is 0 Å². The first-order valence-corrected chi connectivity index (χ1v) is 7.32. The summed E-state index contributed by atoms with van der Waals surface area (Å²) in [5.41, 5.74) is 0. The SMILES string of the molecule is CC(C(=O)NC1CC1)N1CCCC(CCC(=O)O)C1. The topological polar surface area (TPSA) is 69.6 Å². The van der Waals surface area contributed by atoms with Crippen LogP contribution in [0.15, 0.2) is 0 Å². The molecule has 108 valence electrons. The van der Waals surface area contributed by atoms with E-state index < -0.39 is 5.97 Å². The molecule has 5 heteroatoms. The van der Waals surface area contributed by atoms with E-state index >= 15 is 0 Å². The summed E-state index contributed by atoms with van der Waals surface area (Å²) in [4.78, 5) is 24.8. The molecular weight excluding hydrogens is 244 g/mol. The third-order valence-electron chi connectivity index (χ3n) is 4.17. The zero-order valence-corrected chi connectivity index (χ0v) is 11.6. The van der Waals surface area contributed by atoms with Crippen molar-refractivity contribution < 1.29 is 14.7 Å². The molecule has 2 fully saturated rings. The summed E-state index contributed by atoms with van der Waals surface area (Å²) in [5, 5.41) is 11.8. The van der Waals surface area contributed by atoms with Gasteiger partial charge >= 0.3 is 5.97 Å². The molecule has 1 amide bonds. The first-order valence-electron chi connectivity index (χ1n) is 7.32. The Morgan fingerprint density at radius 2 is 2.11 bits per heavy atom. The highest BCUT2D eigenvalue weighted by Crippen LogP contribution is 2.23. The van der Waals surface area contributed by atoms with Gasteiger partial charge in [0, 0.05) is 19.0 Å². The summed E-state index contributed by atoms with van der Waals surface area (Å²) in [5.74, 6) is -0.181. The standard InChI is InChI=1S/C14H24N2O3/c1-10(14(19)15-12-5-6-12)16-8-2-3-11(9-16)4-7-13(17)18/h10-12H,2-9H2,1H3,(H,15,19)(H,17,18). The van der Waals surface area contributed by atoms with E-state index in [9.17, 15) is 9.59 Å². The van der Waals surface area contributed by atoms with Crippen LogP contribution < -0.4 is 5.32 Å². The predicted molar refractivity (Wildman–Crippen MR) is 71.8 cm³/mol. The zero-order chi connectivity index (χ0) is 13.8. The number of carbonyl (C=O) groups is 2. The molecule has 5 nitrogen and oxygen atoms in total. The Morgan fingerprint density at radius 1 is 1.37 bits per heavy atom. The molecule has 1 aliphatic heterocycles. The van der Waals surface area contributed by atoms with Crippen molar-refractivity contribution >= 4 is 11.9 Å². The number of carboxylic acid groups (broad SMARTS) is 1. The van der Waals surface area contributed by atoms with E-state index in [1.807, 2.05) is 6.92 Å². The first kappa shape index (κ1) is 14.3. The largest absolute Gasteiger partial charge is 0.481 e. The van der Waals surface area contributed by atoms with Crippen LogP contribution in [0.25, 0.3) is 0 Å². The number of hydrogen-bond donors (Lipinski definition) is 2. The van der Waals surface area contributed by atoms with Crippen LogP contribution >= 0.6 is 0 Å². The number of piperidine rings is 1. The van der Waals surface area contributed by atoms with E-state index in [1.165, 1.54) is 0 Å². The van der Waals surface area contributed by atoms with Crippen molar-refractivity contribution in [2.24, 2.45) is 5.92 Å². The molecule has 0 aromatic heterocycles. The second-order valence-corrected chi connectivity index (χ2v) is 5.89. The van der Waals surface area contributed by atoms with Gasteiger partial charge in [-0.2, -0.15) is 0 Å². The van der Waals surface area contributed by atoms with E-state index in [0.717, 1.165) is 45.2 Å². The number of hydrogen-bond acceptors (Lipinski definition) is 3. The fraction of sp³-hybridized carbons (Fsp3) is 0.857. The first-order chi connectivity index (χ1) is 9.06. The van der Waals surface area contributed by atoms with E-state index in [-0.39, 0.29) is 18.4 Å². The van der Waals surface area contributed by atoms with Crippen molar-refractivity contribution in [1.82, 2.24) is 10.2 Å². The lowest BCUT2D eigenvalue weighted by molar-refractivity contribution is -0.137. The van der Waals surface area contributed by atoms with Crippen molar-refractivity contribution in [2.45, 2.75) is 57.5 Å². The van der Waals surface area contributed by atoms with E-state index in [0.29, 0.717) is 12.0 Å². The molecule has 0 bridgehead atoms. The molecule has 1 heterocycles. The van der Waals surface area contributed by atoms with Crippen molar-refractivity contribution in [3.8, 4) is 0 Å². The number of carbonyl (C=O) groups excluding carboxylic acids is 1. The maximum atomic E-state index is 12.0. The van der Waals surface area contributed by atoms with E-state index in [2.05, 4.69) is 10.2 Å². The number of nitrogens with one attached hydrogen (secondary N) is 1. The Balaban J connectivity index is 1.78. The van der Waals surface area contributed by atoms with Gasteiger partial charge in [0.1, 0.15) is 0 Å². The normalized spacial score (nSPS) is 25.8. The van der Waals surface area contributed by atoms with Gasteiger partial charge in [-0.3, -0.25) is 14.5 Å². The summed E-state index contributed by atoms with van der Waals surface area (Å²) in [6.45, 7) is 3.76. The summed E-state index contributed by atoms with van der Waals surface area (Å²) in [6, 6.07) is 0.316. The maximum absolute atomic E-state index is 12.0. The molecule has 2 unspecified atom stereocenters. The molecule has 19 heavy (non-hydrogen) atoms. The average molecular weight is 268 g/mol. The van der Waals surface area contributed by atoms with Crippen LogP contribution in [0, 0.1) is 5.92 Å². The number of likely N-dealkylation sites (tertiary alicyclic amines) is 1. The fourth-order valence-corrected chi connectivity index (χ4v) is 2.73. The third-order valence-corrected chi connectivity index (χ3v) is 4.17. The molecule has 0 aromatic rings. The van der Waals surface area contributed by atoms with Crippen LogP contribution in [0.3, 0.4) is 0 Å². The number of amides is 1. The van der Waals surface area contributed by atoms with Gasteiger partial charge in [-0.1, -0.05) is 0 Å². The highest BCUT2D eigenvalue weighted by Gasteiger charge is 2.30. The monoisotopic (exact) mass is 268 g/mol. The van der Waals surface area contributed by atoms with Crippen LogP contribution in [0.4, 0.5) is 0 Å². The molecule has 2 atom stereocenters. The molecule has 0 spiro atoms. The minimum absolute atomic E-state index is 0.0896. The third kappa shape index (κ3) is 4.49. The Labute approximate surface area is 114 Å². The second-order valence-electron chi connectivity index (χ2n) is 5.89. The zero-order valence-electron chi connectivity index (χ0n) is 11.6. The smallest absolute Gasteiger partial charge is 0.303 e. The van der Waals surface area contributed by atoms with Gasteiger partial charge in [-0.05, 0) is 51.5 Å². The number of aliphatic carboxylic acids is 1. The molecule has 2 rings (SSSR count). The van der Waals surface area contributed by atoms with Gasteiger partial charge in [0.05, 0.1) is 6.04 Å². The van der Waals surface area contributed by atoms with Gasteiger partial charge in [-0.25, -0.2) is 0 Å².